The average molecular weight is 517 g/mol. The number of amides is 1. The molecule has 1 aliphatic heterocycles. The fraction of sp³-hybridized carbons (Fsp3) is 0.263. The number of halogens is 2. The summed E-state index contributed by atoms with van der Waals surface area (Å²) in [6.07, 6.45) is 2.33. The van der Waals surface area contributed by atoms with Gasteiger partial charge in [0.2, 0.25) is 10.0 Å². The number of benzene rings is 2. The third-order valence-electron chi connectivity index (χ3n) is 4.59. The van der Waals surface area contributed by atoms with Crippen LogP contribution in [-0.4, -0.2) is 49.6 Å². The summed E-state index contributed by atoms with van der Waals surface area (Å²) in [7, 11) is -2.42. The molecule has 0 saturated carbocycles. The molecule has 2 aromatic rings. The quantitative estimate of drug-likeness (QED) is 0.453. The van der Waals surface area contributed by atoms with Crippen LogP contribution >= 0.6 is 27.5 Å². The van der Waals surface area contributed by atoms with Gasteiger partial charge in [0.05, 0.1) is 22.7 Å². The van der Waals surface area contributed by atoms with E-state index < -0.39 is 22.0 Å². The highest BCUT2D eigenvalue weighted by atomic mass is 79.9. The Morgan fingerprint density at radius 1 is 1.37 bits per heavy atom. The van der Waals surface area contributed by atoms with E-state index in [1.807, 2.05) is 0 Å². The van der Waals surface area contributed by atoms with E-state index in [0.717, 1.165) is 0 Å². The summed E-state index contributed by atoms with van der Waals surface area (Å²) in [5, 5.41) is 14.2. The highest BCUT2D eigenvalue weighted by Crippen LogP contribution is 2.34. The lowest BCUT2D eigenvalue weighted by atomic mass is 10.2. The summed E-state index contributed by atoms with van der Waals surface area (Å²) in [6.45, 7) is 0.245. The van der Waals surface area contributed by atoms with Gasteiger partial charge in [-0.1, -0.05) is 11.6 Å². The SMILES string of the molecule is COc1cc(C=NNC(=O)[C@H]2CCCN2S(=O)(=O)c2ccc(Cl)cc2)cc(Br)c1O. The summed E-state index contributed by atoms with van der Waals surface area (Å²) >= 11 is 9.04. The summed E-state index contributed by atoms with van der Waals surface area (Å²) in [4.78, 5) is 12.7. The van der Waals surface area contributed by atoms with Crippen molar-refractivity contribution in [2.45, 2.75) is 23.8 Å². The molecule has 2 N–H and O–H groups in total. The Morgan fingerprint density at radius 3 is 2.73 bits per heavy atom. The van der Waals surface area contributed by atoms with Crippen LogP contribution in [0.1, 0.15) is 18.4 Å². The second-order valence-electron chi connectivity index (χ2n) is 6.52. The molecular weight excluding hydrogens is 498 g/mol. The first-order chi connectivity index (χ1) is 14.2. The predicted octanol–water partition coefficient (Wildman–Crippen LogP) is 3.12. The van der Waals surface area contributed by atoms with Gasteiger partial charge in [-0.25, -0.2) is 13.8 Å². The number of aromatic hydroxyl groups is 1. The number of rotatable bonds is 6. The molecule has 1 aliphatic rings. The number of phenols is 1. The molecule has 1 saturated heterocycles. The Morgan fingerprint density at radius 2 is 2.07 bits per heavy atom. The van der Waals surface area contributed by atoms with E-state index in [-0.39, 0.29) is 22.9 Å². The number of nitrogens with one attached hydrogen (secondary N) is 1. The monoisotopic (exact) mass is 515 g/mol. The van der Waals surface area contributed by atoms with Gasteiger partial charge in [0.15, 0.2) is 11.5 Å². The Bertz CT molecular complexity index is 1080. The molecular formula is C19H19BrClN3O5S. The molecule has 8 nitrogen and oxygen atoms in total. The van der Waals surface area contributed by atoms with Gasteiger partial charge in [0.25, 0.3) is 5.91 Å². The fourth-order valence-corrected chi connectivity index (χ4v) is 5.34. The molecule has 0 bridgehead atoms. The second-order valence-corrected chi connectivity index (χ2v) is 9.70. The van der Waals surface area contributed by atoms with Crippen LogP contribution in [0, 0.1) is 0 Å². The third kappa shape index (κ3) is 4.77. The van der Waals surface area contributed by atoms with Crippen LogP contribution in [-0.2, 0) is 14.8 Å². The molecule has 0 spiro atoms. The second kappa shape index (κ2) is 9.34. The molecule has 30 heavy (non-hydrogen) atoms. The molecule has 1 heterocycles. The molecule has 1 atom stereocenters. The molecule has 1 fully saturated rings. The minimum absolute atomic E-state index is 0.0484. The van der Waals surface area contributed by atoms with Crippen LogP contribution in [0.15, 0.2) is 50.9 Å². The number of methoxy groups -OCH3 is 1. The lowest BCUT2D eigenvalue weighted by Crippen LogP contribution is -2.44. The molecule has 3 rings (SSSR count). The lowest BCUT2D eigenvalue weighted by Gasteiger charge is -2.22. The van der Waals surface area contributed by atoms with Crippen LogP contribution < -0.4 is 10.2 Å². The number of sulfonamides is 1. The van der Waals surface area contributed by atoms with Gasteiger partial charge in [-0.3, -0.25) is 4.79 Å². The van der Waals surface area contributed by atoms with Crippen LogP contribution in [0.2, 0.25) is 5.02 Å². The zero-order valence-corrected chi connectivity index (χ0v) is 19.0. The summed E-state index contributed by atoms with van der Waals surface area (Å²) in [5.74, 6) is -0.327. The topological polar surface area (TPSA) is 108 Å². The molecule has 1 amide bonds. The maximum atomic E-state index is 12.9. The van der Waals surface area contributed by atoms with Crippen LogP contribution in [0.5, 0.6) is 11.5 Å². The van der Waals surface area contributed by atoms with Crippen LogP contribution in [0.25, 0.3) is 0 Å². The van der Waals surface area contributed by atoms with E-state index in [4.69, 9.17) is 16.3 Å². The molecule has 2 aromatic carbocycles. The zero-order chi connectivity index (χ0) is 21.9. The Balaban J connectivity index is 1.73. The van der Waals surface area contributed by atoms with Gasteiger partial charge in [0, 0.05) is 11.6 Å². The van der Waals surface area contributed by atoms with Gasteiger partial charge in [0.1, 0.15) is 6.04 Å². The first-order valence-electron chi connectivity index (χ1n) is 8.91. The number of hydrogen-bond donors (Lipinski definition) is 2. The van der Waals surface area contributed by atoms with E-state index in [1.165, 1.54) is 41.9 Å². The van der Waals surface area contributed by atoms with E-state index in [2.05, 4.69) is 26.5 Å². The summed E-state index contributed by atoms with van der Waals surface area (Å²) < 4.78 is 32.5. The molecule has 0 aromatic heterocycles. The van der Waals surface area contributed by atoms with Crippen molar-refractivity contribution in [1.29, 1.82) is 0 Å². The summed E-state index contributed by atoms with van der Waals surface area (Å²) in [6, 6.07) is 8.10. The van der Waals surface area contributed by atoms with Crippen LogP contribution in [0.4, 0.5) is 0 Å². The molecule has 0 radical (unpaired) electrons. The Kier molecular flexibility index (Phi) is 7.02. The normalized spacial score (nSPS) is 17.4. The highest BCUT2D eigenvalue weighted by Gasteiger charge is 2.39. The van der Waals surface area contributed by atoms with Crippen molar-refractivity contribution in [3.05, 3.63) is 51.5 Å². The van der Waals surface area contributed by atoms with Crippen molar-refractivity contribution in [3.8, 4) is 11.5 Å². The van der Waals surface area contributed by atoms with Crippen molar-refractivity contribution >= 4 is 49.7 Å². The Labute approximate surface area is 187 Å². The van der Waals surface area contributed by atoms with Gasteiger partial charge in [-0.15, -0.1) is 0 Å². The fourth-order valence-electron chi connectivity index (χ4n) is 3.10. The van der Waals surface area contributed by atoms with E-state index in [1.54, 1.807) is 12.1 Å². The Hall–Kier alpha value is -2.14. The minimum Gasteiger partial charge on any atom is -0.503 e. The molecule has 0 unspecified atom stereocenters. The van der Waals surface area contributed by atoms with Gasteiger partial charge >= 0.3 is 0 Å². The van der Waals surface area contributed by atoms with Crippen molar-refractivity contribution in [3.63, 3.8) is 0 Å². The standard InChI is InChI=1S/C19H19BrClN3O5S/c1-29-17-10-12(9-15(20)18(17)25)11-22-23-19(26)16-3-2-8-24(16)30(27,28)14-6-4-13(21)5-7-14/h4-7,9-11,16,25H,2-3,8H2,1H3,(H,23,26)/t16-/m1/s1. The number of phenolic OH excluding ortho intramolecular Hbond substituents is 1. The molecule has 0 aliphatic carbocycles. The van der Waals surface area contributed by atoms with Crippen molar-refractivity contribution in [2.24, 2.45) is 5.10 Å². The summed E-state index contributed by atoms with van der Waals surface area (Å²) in [5.41, 5.74) is 2.96. The van der Waals surface area contributed by atoms with Crippen LogP contribution in [0.3, 0.4) is 0 Å². The highest BCUT2D eigenvalue weighted by molar-refractivity contribution is 9.10. The van der Waals surface area contributed by atoms with E-state index in [9.17, 15) is 18.3 Å². The number of ether oxygens (including phenoxy) is 1. The number of hydrazone groups is 1. The van der Waals surface area contributed by atoms with E-state index >= 15 is 0 Å². The number of hydrogen-bond acceptors (Lipinski definition) is 6. The maximum Gasteiger partial charge on any atom is 0.258 e. The van der Waals surface area contributed by atoms with Crippen molar-refractivity contribution in [2.75, 3.05) is 13.7 Å². The first-order valence-corrected chi connectivity index (χ1v) is 11.5. The van der Waals surface area contributed by atoms with Gasteiger partial charge < -0.3 is 9.84 Å². The zero-order valence-electron chi connectivity index (χ0n) is 15.9. The molecule has 11 heteroatoms. The third-order valence-corrected chi connectivity index (χ3v) is 7.36. The number of carbonyl (C=O) groups is 1. The first kappa shape index (κ1) is 22.5. The number of carbonyl (C=O) groups excluding carboxylic acids is 1. The molecule has 160 valence electrons. The largest absolute Gasteiger partial charge is 0.503 e. The average Bonchev–Trinajstić information content (AvgIpc) is 3.21. The smallest absolute Gasteiger partial charge is 0.258 e. The van der Waals surface area contributed by atoms with Crippen molar-refractivity contribution < 1.29 is 23.1 Å². The predicted molar refractivity (Wildman–Crippen MR) is 116 cm³/mol. The van der Waals surface area contributed by atoms with Crippen molar-refractivity contribution in [1.82, 2.24) is 9.73 Å². The van der Waals surface area contributed by atoms with Gasteiger partial charge in [-0.05, 0) is 70.7 Å². The number of nitrogens with zero attached hydrogens (tertiary/aromatic N) is 2. The lowest BCUT2D eigenvalue weighted by molar-refractivity contribution is -0.124. The van der Waals surface area contributed by atoms with Gasteiger partial charge in [-0.2, -0.15) is 9.41 Å². The van der Waals surface area contributed by atoms with E-state index in [0.29, 0.717) is 27.9 Å². The minimum atomic E-state index is -3.83. The maximum absolute atomic E-state index is 12.9.